The van der Waals surface area contributed by atoms with Gasteiger partial charge in [-0.25, -0.2) is 0 Å². The van der Waals surface area contributed by atoms with Gasteiger partial charge in [0.2, 0.25) is 5.91 Å². The molecule has 0 radical (unpaired) electrons. The van der Waals surface area contributed by atoms with Crippen LogP contribution in [-0.2, 0) is 16.0 Å². The number of nitrogens with two attached hydrogens (primary N) is 1. The monoisotopic (exact) mass is 295 g/mol. The molecule has 6 nitrogen and oxygen atoms in total. The van der Waals surface area contributed by atoms with Crippen LogP contribution in [0.2, 0.25) is 0 Å². The largest absolute Gasteiger partial charge is 0.381 e. The van der Waals surface area contributed by atoms with Gasteiger partial charge in [-0.05, 0) is 46.0 Å². The fourth-order valence-corrected chi connectivity index (χ4v) is 2.78. The molecule has 0 aromatic carbocycles. The molecule has 1 amide bonds. The van der Waals surface area contributed by atoms with Crippen molar-refractivity contribution in [2.75, 3.05) is 13.2 Å². The van der Waals surface area contributed by atoms with Crippen LogP contribution in [0.15, 0.2) is 4.52 Å². The standard InChI is InChI=1S/C15H25N3O3/c1-9(8-13-10(2)18-21-11(13)3)17-15(19)14(16)12-4-6-20-7-5-12/h9,12,14H,4-8,16H2,1-3H3,(H,17,19). The van der Waals surface area contributed by atoms with Gasteiger partial charge in [-0.15, -0.1) is 0 Å². The van der Waals surface area contributed by atoms with E-state index in [1.54, 1.807) is 0 Å². The summed E-state index contributed by atoms with van der Waals surface area (Å²) in [7, 11) is 0. The predicted octanol–water partition coefficient (Wildman–Crippen LogP) is 1.09. The van der Waals surface area contributed by atoms with E-state index >= 15 is 0 Å². The lowest BCUT2D eigenvalue weighted by atomic mass is 9.91. The number of carbonyl (C=O) groups is 1. The molecule has 3 N–H and O–H groups in total. The van der Waals surface area contributed by atoms with Gasteiger partial charge in [-0.3, -0.25) is 4.79 Å². The number of hydrogen-bond acceptors (Lipinski definition) is 5. The summed E-state index contributed by atoms with van der Waals surface area (Å²) < 4.78 is 10.4. The summed E-state index contributed by atoms with van der Waals surface area (Å²) in [5.74, 6) is 0.938. The molecule has 1 aliphatic rings. The Morgan fingerprint density at radius 3 is 2.67 bits per heavy atom. The molecule has 1 aromatic rings. The number of amides is 1. The molecule has 2 heterocycles. The van der Waals surface area contributed by atoms with Gasteiger partial charge in [0.1, 0.15) is 5.76 Å². The van der Waals surface area contributed by atoms with E-state index in [0.29, 0.717) is 19.6 Å². The van der Waals surface area contributed by atoms with Crippen LogP contribution in [-0.4, -0.2) is 36.4 Å². The Bertz CT molecular complexity index is 461. The van der Waals surface area contributed by atoms with Gasteiger partial charge >= 0.3 is 0 Å². The van der Waals surface area contributed by atoms with Crippen molar-refractivity contribution in [2.45, 2.75) is 52.1 Å². The third kappa shape index (κ3) is 4.04. The highest BCUT2D eigenvalue weighted by atomic mass is 16.5. The molecule has 0 bridgehead atoms. The maximum absolute atomic E-state index is 12.2. The third-order valence-electron chi connectivity index (χ3n) is 4.16. The molecule has 0 spiro atoms. The van der Waals surface area contributed by atoms with E-state index < -0.39 is 6.04 Å². The molecule has 0 saturated carbocycles. The molecular formula is C15H25N3O3. The minimum atomic E-state index is -0.457. The van der Waals surface area contributed by atoms with Crippen molar-refractivity contribution in [1.29, 1.82) is 0 Å². The van der Waals surface area contributed by atoms with Gasteiger partial charge < -0.3 is 20.3 Å². The fourth-order valence-electron chi connectivity index (χ4n) is 2.78. The summed E-state index contributed by atoms with van der Waals surface area (Å²) in [6, 6.07) is -0.457. The third-order valence-corrected chi connectivity index (χ3v) is 4.16. The average Bonchev–Trinajstić information content (AvgIpc) is 2.79. The number of carbonyl (C=O) groups excluding carboxylic acids is 1. The summed E-state index contributed by atoms with van der Waals surface area (Å²) in [5.41, 5.74) is 8.01. The van der Waals surface area contributed by atoms with E-state index in [4.69, 9.17) is 15.0 Å². The molecule has 21 heavy (non-hydrogen) atoms. The molecule has 0 aliphatic carbocycles. The number of nitrogens with zero attached hydrogens (tertiary/aromatic N) is 1. The van der Waals surface area contributed by atoms with E-state index in [9.17, 15) is 4.79 Å². The van der Waals surface area contributed by atoms with Crippen molar-refractivity contribution in [3.63, 3.8) is 0 Å². The zero-order valence-corrected chi connectivity index (χ0v) is 13.0. The Hall–Kier alpha value is -1.40. The Balaban J connectivity index is 1.86. The number of hydrogen-bond donors (Lipinski definition) is 2. The lowest BCUT2D eigenvalue weighted by molar-refractivity contribution is -0.124. The summed E-state index contributed by atoms with van der Waals surface area (Å²) in [6.45, 7) is 7.16. The molecule has 1 aliphatic heterocycles. The highest BCUT2D eigenvalue weighted by Crippen LogP contribution is 2.18. The van der Waals surface area contributed by atoms with Crippen molar-refractivity contribution in [2.24, 2.45) is 11.7 Å². The van der Waals surface area contributed by atoms with Gasteiger partial charge in [0, 0.05) is 24.8 Å². The van der Waals surface area contributed by atoms with Crippen LogP contribution >= 0.6 is 0 Å². The van der Waals surface area contributed by atoms with Crippen LogP contribution < -0.4 is 11.1 Å². The summed E-state index contributed by atoms with van der Waals surface area (Å²) in [6.07, 6.45) is 2.41. The van der Waals surface area contributed by atoms with E-state index in [-0.39, 0.29) is 17.9 Å². The van der Waals surface area contributed by atoms with Crippen molar-refractivity contribution >= 4 is 5.91 Å². The second kappa shape index (κ2) is 7.04. The normalized spacial score (nSPS) is 19.2. The maximum atomic E-state index is 12.2. The Morgan fingerprint density at radius 1 is 1.43 bits per heavy atom. The van der Waals surface area contributed by atoms with Gasteiger partial charge in [0.15, 0.2) is 0 Å². The Kier molecular flexibility index (Phi) is 5.36. The van der Waals surface area contributed by atoms with Crippen LogP contribution in [0, 0.1) is 19.8 Å². The Labute approximate surface area is 125 Å². The van der Waals surface area contributed by atoms with E-state index in [2.05, 4.69) is 10.5 Å². The fraction of sp³-hybridized carbons (Fsp3) is 0.733. The average molecular weight is 295 g/mol. The molecule has 2 atom stereocenters. The van der Waals surface area contributed by atoms with E-state index in [1.165, 1.54) is 0 Å². The smallest absolute Gasteiger partial charge is 0.237 e. The quantitative estimate of drug-likeness (QED) is 0.848. The molecular weight excluding hydrogens is 270 g/mol. The van der Waals surface area contributed by atoms with Crippen molar-refractivity contribution < 1.29 is 14.1 Å². The van der Waals surface area contributed by atoms with Gasteiger partial charge in [-0.1, -0.05) is 5.16 Å². The first-order valence-electron chi connectivity index (χ1n) is 7.54. The first-order valence-corrected chi connectivity index (χ1v) is 7.54. The van der Waals surface area contributed by atoms with E-state index in [1.807, 2.05) is 20.8 Å². The van der Waals surface area contributed by atoms with Gasteiger partial charge in [0.25, 0.3) is 0 Å². The number of aryl methyl sites for hydroxylation is 2. The molecule has 1 saturated heterocycles. The van der Waals surface area contributed by atoms with Crippen molar-refractivity contribution in [3.8, 4) is 0 Å². The van der Waals surface area contributed by atoms with Crippen LogP contribution in [0.25, 0.3) is 0 Å². The number of nitrogens with one attached hydrogen (secondary N) is 1. The first-order chi connectivity index (χ1) is 9.99. The highest BCUT2D eigenvalue weighted by Gasteiger charge is 2.27. The maximum Gasteiger partial charge on any atom is 0.237 e. The van der Waals surface area contributed by atoms with E-state index in [0.717, 1.165) is 29.9 Å². The van der Waals surface area contributed by atoms with Gasteiger partial charge in [0.05, 0.1) is 11.7 Å². The second-order valence-electron chi connectivity index (χ2n) is 5.89. The predicted molar refractivity (Wildman–Crippen MR) is 78.8 cm³/mol. The van der Waals surface area contributed by atoms with Gasteiger partial charge in [-0.2, -0.15) is 0 Å². The first kappa shape index (κ1) is 16.0. The number of rotatable bonds is 5. The van der Waals surface area contributed by atoms with Crippen molar-refractivity contribution in [1.82, 2.24) is 10.5 Å². The molecule has 118 valence electrons. The topological polar surface area (TPSA) is 90.4 Å². The zero-order valence-electron chi connectivity index (χ0n) is 13.0. The van der Waals surface area contributed by atoms with Crippen LogP contribution in [0.3, 0.4) is 0 Å². The lowest BCUT2D eigenvalue weighted by Crippen LogP contribution is -2.49. The molecule has 1 fully saturated rings. The summed E-state index contributed by atoms with van der Waals surface area (Å²) in [5, 5.41) is 6.93. The summed E-state index contributed by atoms with van der Waals surface area (Å²) >= 11 is 0. The minimum absolute atomic E-state index is 0.000176. The minimum Gasteiger partial charge on any atom is -0.381 e. The van der Waals surface area contributed by atoms with Crippen LogP contribution in [0.5, 0.6) is 0 Å². The lowest BCUT2D eigenvalue weighted by Gasteiger charge is -2.27. The zero-order chi connectivity index (χ0) is 15.4. The molecule has 2 unspecified atom stereocenters. The second-order valence-corrected chi connectivity index (χ2v) is 5.89. The summed E-state index contributed by atoms with van der Waals surface area (Å²) in [4.78, 5) is 12.2. The van der Waals surface area contributed by atoms with Crippen LogP contribution in [0.4, 0.5) is 0 Å². The molecule has 6 heteroatoms. The van der Waals surface area contributed by atoms with Crippen LogP contribution in [0.1, 0.15) is 36.8 Å². The molecule has 1 aromatic heterocycles. The number of aromatic nitrogens is 1. The van der Waals surface area contributed by atoms with Crippen molar-refractivity contribution in [3.05, 3.63) is 17.0 Å². The highest BCUT2D eigenvalue weighted by molar-refractivity contribution is 5.82. The number of ether oxygens (including phenoxy) is 1. The SMILES string of the molecule is Cc1noc(C)c1CC(C)NC(=O)C(N)C1CCOCC1. The Morgan fingerprint density at radius 2 is 2.10 bits per heavy atom. The molecule has 2 rings (SSSR count).